The minimum Gasteiger partial charge on any atom is -0.483 e. The lowest BCUT2D eigenvalue weighted by Crippen LogP contribution is -2.36. The first-order valence-corrected chi connectivity index (χ1v) is 8.31. The third kappa shape index (κ3) is 4.48. The molecule has 1 N–H and O–H groups in total. The summed E-state index contributed by atoms with van der Waals surface area (Å²) in [7, 11) is 0. The highest BCUT2D eigenvalue weighted by molar-refractivity contribution is 9.11. The molecule has 1 fully saturated rings. The van der Waals surface area contributed by atoms with E-state index in [0.29, 0.717) is 11.2 Å². The van der Waals surface area contributed by atoms with E-state index in [1.54, 1.807) is 0 Å². The molecule has 1 unspecified atom stereocenters. The Morgan fingerprint density at radius 2 is 2.20 bits per heavy atom. The molecule has 3 nitrogen and oxygen atoms in total. The Balaban J connectivity index is 1.81. The van der Waals surface area contributed by atoms with Crippen LogP contribution in [0.25, 0.3) is 0 Å². The first kappa shape index (κ1) is 15.8. The fraction of sp³-hybridized carbons (Fsp3) is 0.533. The van der Waals surface area contributed by atoms with Crippen LogP contribution in [0, 0.1) is 5.41 Å². The van der Waals surface area contributed by atoms with Crippen LogP contribution in [0.15, 0.2) is 27.1 Å². The lowest BCUT2D eigenvalue weighted by atomic mass is 9.92. The lowest BCUT2D eigenvalue weighted by molar-refractivity contribution is -0.123. The first-order chi connectivity index (χ1) is 9.35. The predicted octanol–water partition coefficient (Wildman–Crippen LogP) is 4.29. The van der Waals surface area contributed by atoms with Gasteiger partial charge in [-0.15, -0.1) is 0 Å². The maximum absolute atomic E-state index is 11.9. The van der Waals surface area contributed by atoms with E-state index in [1.807, 2.05) is 18.2 Å². The number of amides is 1. The molecular weight excluding hydrogens is 386 g/mol. The number of ether oxygens (including phenoxy) is 1. The third-order valence-electron chi connectivity index (χ3n) is 3.59. The van der Waals surface area contributed by atoms with Gasteiger partial charge in [0.05, 0.1) is 4.47 Å². The van der Waals surface area contributed by atoms with Crippen LogP contribution in [-0.2, 0) is 4.79 Å². The van der Waals surface area contributed by atoms with E-state index in [2.05, 4.69) is 51.0 Å². The molecule has 1 atom stereocenters. The summed E-state index contributed by atoms with van der Waals surface area (Å²) in [6.45, 7) is 4.54. The number of nitrogens with one attached hydrogen (secondary N) is 1. The van der Waals surface area contributed by atoms with E-state index in [0.717, 1.165) is 28.2 Å². The summed E-state index contributed by atoms with van der Waals surface area (Å²) in [5.74, 6) is 0.623. The standard InChI is InChI=1S/C15H19Br2NO2/c1-15(2)6-5-11(8-15)18-14(19)9-20-13-4-3-10(16)7-12(13)17/h3-4,7,11H,5-6,8-9H2,1-2H3,(H,18,19). The molecule has 1 aromatic rings. The zero-order chi connectivity index (χ0) is 14.8. The summed E-state index contributed by atoms with van der Waals surface area (Å²) < 4.78 is 7.34. The van der Waals surface area contributed by atoms with Crippen molar-refractivity contribution in [2.24, 2.45) is 5.41 Å². The summed E-state index contributed by atoms with van der Waals surface area (Å²) in [4.78, 5) is 11.9. The van der Waals surface area contributed by atoms with Crippen molar-refractivity contribution in [3.05, 3.63) is 27.1 Å². The van der Waals surface area contributed by atoms with E-state index in [9.17, 15) is 4.79 Å². The number of rotatable bonds is 4. The molecule has 2 rings (SSSR count). The number of halogens is 2. The van der Waals surface area contributed by atoms with Gasteiger partial charge in [0.2, 0.25) is 0 Å². The van der Waals surface area contributed by atoms with E-state index in [-0.39, 0.29) is 18.6 Å². The number of hydrogen-bond donors (Lipinski definition) is 1. The zero-order valence-corrected chi connectivity index (χ0v) is 14.9. The van der Waals surface area contributed by atoms with Gasteiger partial charge in [0.25, 0.3) is 5.91 Å². The van der Waals surface area contributed by atoms with Crippen LogP contribution in [0.2, 0.25) is 0 Å². The van der Waals surface area contributed by atoms with Gasteiger partial charge in [-0.2, -0.15) is 0 Å². The normalized spacial score (nSPS) is 20.7. The highest BCUT2D eigenvalue weighted by Crippen LogP contribution is 2.36. The maximum Gasteiger partial charge on any atom is 0.258 e. The second kappa shape index (κ2) is 6.48. The topological polar surface area (TPSA) is 38.3 Å². The fourth-order valence-electron chi connectivity index (χ4n) is 2.56. The average Bonchev–Trinajstić information content (AvgIpc) is 2.67. The Morgan fingerprint density at radius 1 is 1.45 bits per heavy atom. The van der Waals surface area contributed by atoms with Gasteiger partial charge in [0.1, 0.15) is 5.75 Å². The summed E-state index contributed by atoms with van der Waals surface area (Å²) in [5.41, 5.74) is 0.341. The van der Waals surface area contributed by atoms with E-state index in [4.69, 9.17) is 4.74 Å². The monoisotopic (exact) mass is 403 g/mol. The zero-order valence-electron chi connectivity index (χ0n) is 11.7. The molecule has 0 saturated heterocycles. The molecule has 20 heavy (non-hydrogen) atoms. The van der Waals surface area contributed by atoms with Gasteiger partial charge >= 0.3 is 0 Å². The van der Waals surface area contributed by atoms with Crippen molar-refractivity contribution in [1.29, 1.82) is 0 Å². The number of benzene rings is 1. The van der Waals surface area contributed by atoms with E-state index < -0.39 is 0 Å². The molecule has 0 spiro atoms. The molecule has 0 aliphatic heterocycles. The van der Waals surface area contributed by atoms with Crippen molar-refractivity contribution in [2.45, 2.75) is 39.2 Å². The molecule has 1 aliphatic carbocycles. The van der Waals surface area contributed by atoms with Gasteiger partial charge in [-0.25, -0.2) is 0 Å². The Labute approximate surface area is 136 Å². The van der Waals surface area contributed by atoms with Crippen molar-refractivity contribution >= 4 is 37.8 Å². The lowest BCUT2D eigenvalue weighted by Gasteiger charge is -2.18. The number of hydrogen-bond acceptors (Lipinski definition) is 2. The third-order valence-corrected chi connectivity index (χ3v) is 4.70. The first-order valence-electron chi connectivity index (χ1n) is 6.73. The summed E-state index contributed by atoms with van der Waals surface area (Å²) in [6, 6.07) is 5.90. The Morgan fingerprint density at radius 3 is 2.80 bits per heavy atom. The highest BCUT2D eigenvalue weighted by Gasteiger charge is 2.31. The Kier molecular flexibility index (Phi) is 5.13. The second-order valence-electron chi connectivity index (χ2n) is 6.03. The second-order valence-corrected chi connectivity index (χ2v) is 7.80. The van der Waals surface area contributed by atoms with Gasteiger partial charge in [-0.1, -0.05) is 29.8 Å². The SMILES string of the molecule is CC1(C)CCC(NC(=O)COc2ccc(Br)cc2Br)C1. The van der Waals surface area contributed by atoms with Crippen molar-refractivity contribution in [3.63, 3.8) is 0 Å². The number of carbonyl (C=O) groups excluding carboxylic acids is 1. The molecule has 0 radical (unpaired) electrons. The van der Waals surface area contributed by atoms with Crippen molar-refractivity contribution < 1.29 is 9.53 Å². The number of carbonyl (C=O) groups is 1. The van der Waals surface area contributed by atoms with Crippen molar-refractivity contribution in [3.8, 4) is 5.75 Å². The molecule has 110 valence electrons. The van der Waals surface area contributed by atoms with Crippen molar-refractivity contribution in [2.75, 3.05) is 6.61 Å². The van der Waals surface area contributed by atoms with Crippen LogP contribution >= 0.6 is 31.9 Å². The molecule has 1 aliphatic rings. The van der Waals surface area contributed by atoms with Crippen LogP contribution in [0.1, 0.15) is 33.1 Å². The maximum atomic E-state index is 11.9. The van der Waals surface area contributed by atoms with Gasteiger partial charge in [-0.3, -0.25) is 4.79 Å². The predicted molar refractivity (Wildman–Crippen MR) is 86.9 cm³/mol. The van der Waals surface area contributed by atoms with Crippen molar-refractivity contribution in [1.82, 2.24) is 5.32 Å². The fourth-order valence-corrected chi connectivity index (χ4v) is 3.73. The summed E-state index contributed by atoms with van der Waals surface area (Å²) in [6.07, 6.45) is 3.26. The molecule has 1 amide bonds. The van der Waals surface area contributed by atoms with Crippen LogP contribution in [-0.4, -0.2) is 18.6 Å². The molecule has 1 saturated carbocycles. The molecule has 5 heteroatoms. The molecular formula is C15H19Br2NO2. The highest BCUT2D eigenvalue weighted by atomic mass is 79.9. The summed E-state index contributed by atoms with van der Waals surface area (Å²) >= 11 is 6.79. The molecule has 0 heterocycles. The Hall–Kier alpha value is -0.550. The van der Waals surface area contributed by atoms with Crippen LogP contribution in [0.5, 0.6) is 5.75 Å². The van der Waals surface area contributed by atoms with Gasteiger partial charge in [-0.05, 0) is 58.8 Å². The minimum absolute atomic E-state index is 0.0527. The smallest absolute Gasteiger partial charge is 0.258 e. The molecule has 0 aromatic heterocycles. The average molecular weight is 405 g/mol. The molecule has 0 bridgehead atoms. The Bertz CT molecular complexity index is 503. The van der Waals surface area contributed by atoms with Crippen LogP contribution < -0.4 is 10.1 Å². The van der Waals surface area contributed by atoms with Gasteiger partial charge < -0.3 is 10.1 Å². The quantitative estimate of drug-likeness (QED) is 0.812. The molecule has 1 aromatic carbocycles. The summed E-state index contributed by atoms with van der Waals surface area (Å²) in [5, 5.41) is 3.05. The largest absolute Gasteiger partial charge is 0.483 e. The van der Waals surface area contributed by atoms with Gasteiger partial charge in [0.15, 0.2) is 6.61 Å². The van der Waals surface area contributed by atoms with Crippen LogP contribution in [0.4, 0.5) is 0 Å². The minimum atomic E-state index is -0.0532. The van der Waals surface area contributed by atoms with Crippen LogP contribution in [0.3, 0.4) is 0 Å². The van der Waals surface area contributed by atoms with Gasteiger partial charge in [0, 0.05) is 10.5 Å². The van der Waals surface area contributed by atoms with E-state index >= 15 is 0 Å². The van der Waals surface area contributed by atoms with E-state index in [1.165, 1.54) is 0 Å².